The molecule has 2 amide bonds. The number of carbonyl (C=O) groups excluding carboxylic acids is 2. The van der Waals surface area contributed by atoms with Crippen molar-refractivity contribution in [3.63, 3.8) is 0 Å². The van der Waals surface area contributed by atoms with Crippen molar-refractivity contribution in [2.24, 2.45) is 0 Å². The molecule has 0 heterocycles. The van der Waals surface area contributed by atoms with Crippen molar-refractivity contribution >= 4 is 33.4 Å². The Labute approximate surface area is 166 Å². The molecule has 4 nitrogen and oxygen atoms in total. The van der Waals surface area contributed by atoms with E-state index in [0.29, 0.717) is 18.5 Å². The second-order valence-corrected chi connectivity index (χ2v) is 7.90. The highest BCUT2D eigenvalue weighted by Crippen LogP contribution is 2.41. The first-order valence-corrected chi connectivity index (χ1v) is 9.80. The van der Waals surface area contributed by atoms with Crippen molar-refractivity contribution in [3.8, 4) is 0 Å². The molecule has 2 N–H and O–H groups in total. The van der Waals surface area contributed by atoms with E-state index in [9.17, 15) is 14.0 Å². The second kappa shape index (κ2) is 8.21. The number of carbonyl (C=O) groups is 2. The lowest BCUT2D eigenvalue weighted by molar-refractivity contribution is -0.128. The summed E-state index contributed by atoms with van der Waals surface area (Å²) in [5, 5.41) is 5.59. The average molecular weight is 433 g/mol. The number of halogens is 2. The van der Waals surface area contributed by atoms with E-state index in [1.165, 1.54) is 12.1 Å². The minimum Gasteiger partial charge on any atom is -0.346 e. The highest BCUT2D eigenvalue weighted by Gasteiger charge is 2.42. The highest BCUT2D eigenvalue weighted by atomic mass is 79.9. The van der Waals surface area contributed by atoms with Crippen LogP contribution in [0.4, 0.5) is 10.1 Å². The predicted molar refractivity (Wildman–Crippen MR) is 107 cm³/mol. The quantitative estimate of drug-likeness (QED) is 0.732. The first-order valence-electron chi connectivity index (χ1n) is 9.01. The zero-order chi connectivity index (χ0) is 19.4. The van der Waals surface area contributed by atoms with Gasteiger partial charge >= 0.3 is 0 Å². The van der Waals surface area contributed by atoms with Crippen LogP contribution in [0.2, 0.25) is 0 Å². The molecule has 2 aromatic rings. The lowest BCUT2D eigenvalue weighted by Gasteiger charge is -2.28. The number of aryl methyl sites for hydroxylation is 1. The van der Waals surface area contributed by atoms with Gasteiger partial charge in [0.25, 0.3) is 0 Å². The largest absolute Gasteiger partial charge is 0.346 e. The van der Waals surface area contributed by atoms with E-state index in [4.69, 9.17) is 0 Å². The molecule has 1 saturated carbocycles. The molecule has 0 radical (unpaired) electrons. The number of rotatable bonds is 5. The number of hydrogen-bond acceptors (Lipinski definition) is 2. The molecule has 0 atom stereocenters. The van der Waals surface area contributed by atoms with Gasteiger partial charge in [0.05, 0.1) is 12.0 Å². The number of benzene rings is 2. The summed E-state index contributed by atoms with van der Waals surface area (Å²) in [5.74, 6) is -0.771. The molecule has 27 heavy (non-hydrogen) atoms. The lowest BCUT2D eigenvalue weighted by atomic mass is 9.78. The molecule has 1 aliphatic carbocycles. The zero-order valence-corrected chi connectivity index (χ0v) is 16.7. The summed E-state index contributed by atoms with van der Waals surface area (Å²) in [5.41, 5.74) is 1.78. The maximum Gasteiger partial charge on any atom is 0.243 e. The standard InChI is InChI=1S/C21H22BrFN2O2/c1-14-12-16(22)6-9-18(14)25-19(26)13-24-20(27)21(10-2-3-11-21)15-4-7-17(23)8-5-15/h4-9,12H,2-3,10-11,13H2,1H3,(H,24,27)(H,25,26). The summed E-state index contributed by atoms with van der Waals surface area (Å²) >= 11 is 3.39. The van der Waals surface area contributed by atoms with Crippen molar-refractivity contribution in [2.75, 3.05) is 11.9 Å². The maximum atomic E-state index is 13.3. The lowest BCUT2D eigenvalue weighted by Crippen LogP contribution is -2.45. The number of hydrogen-bond donors (Lipinski definition) is 2. The van der Waals surface area contributed by atoms with Crippen LogP contribution in [0.1, 0.15) is 36.8 Å². The molecule has 0 aromatic heterocycles. The predicted octanol–water partition coefficient (Wildman–Crippen LogP) is 4.46. The molecule has 6 heteroatoms. The molecule has 0 spiro atoms. The molecule has 0 unspecified atom stereocenters. The molecule has 1 fully saturated rings. The SMILES string of the molecule is Cc1cc(Br)ccc1NC(=O)CNC(=O)C1(c2ccc(F)cc2)CCCC1. The van der Waals surface area contributed by atoms with E-state index in [2.05, 4.69) is 26.6 Å². The molecule has 0 aliphatic heterocycles. The van der Waals surface area contributed by atoms with E-state index in [1.54, 1.807) is 12.1 Å². The smallest absolute Gasteiger partial charge is 0.243 e. The van der Waals surface area contributed by atoms with Gasteiger partial charge in [-0.15, -0.1) is 0 Å². The molecular formula is C21H22BrFN2O2. The Morgan fingerprint density at radius 2 is 1.78 bits per heavy atom. The zero-order valence-electron chi connectivity index (χ0n) is 15.1. The minimum atomic E-state index is -0.679. The van der Waals surface area contributed by atoms with Gasteiger partial charge in [0.1, 0.15) is 5.82 Å². The molecule has 0 bridgehead atoms. The Balaban J connectivity index is 1.66. The van der Waals surface area contributed by atoms with Crippen LogP contribution in [-0.4, -0.2) is 18.4 Å². The molecular weight excluding hydrogens is 411 g/mol. The Morgan fingerprint density at radius 3 is 2.41 bits per heavy atom. The molecule has 2 aromatic carbocycles. The summed E-state index contributed by atoms with van der Waals surface area (Å²) < 4.78 is 14.2. The van der Waals surface area contributed by atoms with Gasteiger partial charge in [0.2, 0.25) is 11.8 Å². The number of anilines is 1. The third kappa shape index (κ3) is 4.38. The summed E-state index contributed by atoms with van der Waals surface area (Å²) in [6, 6.07) is 11.7. The maximum absolute atomic E-state index is 13.3. The third-order valence-electron chi connectivity index (χ3n) is 5.16. The molecule has 3 rings (SSSR count). The van der Waals surface area contributed by atoms with Crippen LogP contribution in [0.25, 0.3) is 0 Å². The van der Waals surface area contributed by atoms with E-state index in [0.717, 1.165) is 28.4 Å². The Kier molecular flexibility index (Phi) is 5.95. The van der Waals surface area contributed by atoms with Crippen LogP contribution in [0.3, 0.4) is 0 Å². The van der Waals surface area contributed by atoms with E-state index in [-0.39, 0.29) is 24.2 Å². The first kappa shape index (κ1) is 19.5. The van der Waals surface area contributed by atoms with E-state index >= 15 is 0 Å². The van der Waals surface area contributed by atoms with Crippen molar-refractivity contribution in [2.45, 2.75) is 38.0 Å². The van der Waals surface area contributed by atoms with Crippen molar-refractivity contribution < 1.29 is 14.0 Å². The van der Waals surface area contributed by atoms with Gasteiger partial charge in [-0.25, -0.2) is 4.39 Å². The Bertz CT molecular complexity index is 846. The summed E-state index contributed by atoms with van der Waals surface area (Å²) in [6.45, 7) is 1.80. The average Bonchev–Trinajstić information content (AvgIpc) is 3.14. The van der Waals surface area contributed by atoms with Gasteiger partial charge in [-0.3, -0.25) is 9.59 Å². The van der Waals surface area contributed by atoms with Gasteiger partial charge in [0, 0.05) is 10.2 Å². The topological polar surface area (TPSA) is 58.2 Å². The van der Waals surface area contributed by atoms with Gasteiger partial charge < -0.3 is 10.6 Å². The van der Waals surface area contributed by atoms with Gasteiger partial charge in [0.15, 0.2) is 0 Å². The third-order valence-corrected chi connectivity index (χ3v) is 5.65. The first-order chi connectivity index (χ1) is 12.9. The number of amides is 2. The fourth-order valence-corrected chi connectivity index (χ4v) is 4.16. The monoisotopic (exact) mass is 432 g/mol. The van der Waals surface area contributed by atoms with Crippen molar-refractivity contribution in [1.82, 2.24) is 5.32 Å². The Hall–Kier alpha value is -2.21. The molecule has 142 valence electrons. The van der Waals surface area contributed by atoms with Crippen LogP contribution in [0, 0.1) is 12.7 Å². The van der Waals surface area contributed by atoms with Crippen LogP contribution in [-0.2, 0) is 15.0 Å². The van der Waals surface area contributed by atoms with Crippen LogP contribution in [0.15, 0.2) is 46.9 Å². The number of nitrogens with one attached hydrogen (secondary N) is 2. The highest BCUT2D eigenvalue weighted by molar-refractivity contribution is 9.10. The fraction of sp³-hybridized carbons (Fsp3) is 0.333. The minimum absolute atomic E-state index is 0.0999. The second-order valence-electron chi connectivity index (χ2n) is 6.99. The van der Waals surface area contributed by atoms with Gasteiger partial charge in [-0.05, 0) is 61.2 Å². The Morgan fingerprint density at radius 1 is 1.11 bits per heavy atom. The summed E-state index contributed by atoms with van der Waals surface area (Å²) in [6.07, 6.45) is 3.29. The van der Waals surface area contributed by atoms with Crippen LogP contribution < -0.4 is 10.6 Å². The molecule has 1 aliphatic rings. The molecule has 0 saturated heterocycles. The van der Waals surface area contributed by atoms with Crippen molar-refractivity contribution in [3.05, 3.63) is 63.9 Å². The normalized spacial score (nSPS) is 15.4. The fourth-order valence-electron chi connectivity index (χ4n) is 3.69. The summed E-state index contributed by atoms with van der Waals surface area (Å²) in [7, 11) is 0. The summed E-state index contributed by atoms with van der Waals surface area (Å²) in [4.78, 5) is 25.2. The van der Waals surface area contributed by atoms with Crippen molar-refractivity contribution in [1.29, 1.82) is 0 Å². The van der Waals surface area contributed by atoms with Crippen LogP contribution in [0.5, 0.6) is 0 Å². The van der Waals surface area contributed by atoms with Gasteiger partial charge in [-0.1, -0.05) is 40.9 Å². The van der Waals surface area contributed by atoms with E-state index < -0.39 is 5.41 Å². The van der Waals surface area contributed by atoms with Crippen LogP contribution >= 0.6 is 15.9 Å². The van der Waals surface area contributed by atoms with E-state index in [1.807, 2.05) is 25.1 Å². The van der Waals surface area contributed by atoms with Gasteiger partial charge in [-0.2, -0.15) is 0 Å².